The molecule has 1 saturated carbocycles. The van der Waals surface area contributed by atoms with Gasteiger partial charge in [0, 0.05) is 20.2 Å². The van der Waals surface area contributed by atoms with Gasteiger partial charge in [0.2, 0.25) is 0 Å². The summed E-state index contributed by atoms with van der Waals surface area (Å²) in [6.45, 7) is 5.07. The fourth-order valence-corrected chi connectivity index (χ4v) is 2.54. The van der Waals surface area contributed by atoms with Gasteiger partial charge in [-0.15, -0.1) is 0 Å². The fraction of sp³-hybridized carbons (Fsp3) is 0.867. The summed E-state index contributed by atoms with van der Waals surface area (Å²) in [6, 6.07) is 0. The van der Waals surface area contributed by atoms with E-state index >= 15 is 0 Å². The maximum absolute atomic E-state index is 5.04. The molecule has 2 nitrogen and oxygen atoms in total. The van der Waals surface area contributed by atoms with Crippen molar-refractivity contribution < 1.29 is 4.74 Å². The van der Waals surface area contributed by atoms with E-state index in [0.29, 0.717) is 0 Å². The monoisotopic (exact) mass is 239 g/mol. The van der Waals surface area contributed by atoms with Crippen LogP contribution in [-0.2, 0) is 4.74 Å². The summed E-state index contributed by atoms with van der Waals surface area (Å²) in [4.78, 5) is 0. The van der Waals surface area contributed by atoms with Crippen molar-refractivity contribution in [2.45, 2.75) is 51.9 Å². The minimum Gasteiger partial charge on any atom is -0.383 e. The summed E-state index contributed by atoms with van der Waals surface area (Å²) >= 11 is 0. The Balaban J connectivity index is 2.30. The molecule has 0 amide bonds. The largest absolute Gasteiger partial charge is 0.383 e. The molecule has 0 radical (unpaired) electrons. The standard InChI is InChI=1S/C15H29NO/c1-3-14(13-16-10-11-17-2)12-15-8-6-4-5-7-9-15/h12,15-16H,3-11,13H2,1-2H3. The summed E-state index contributed by atoms with van der Waals surface area (Å²) in [5, 5.41) is 3.45. The van der Waals surface area contributed by atoms with Gasteiger partial charge in [0.05, 0.1) is 6.61 Å². The lowest BCUT2D eigenvalue weighted by atomic mass is 9.96. The average molecular weight is 239 g/mol. The Morgan fingerprint density at radius 3 is 2.53 bits per heavy atom. The molecule has 0 unspecified atom stereocenters. The van der Waals surface area contributed by atoms with Crippen molar-refractivity contribution in [3.8, 4) is 0 Å². The first kappa shape index (κ1) is 14.7. The van der Waals surface area contributed by atoms with Crippen LogP contribution in [0.25, 0.3) is 0 Å². The van der Waals surface area contributed by atoms with E-state index in [9.17, 15) is 0 Å². The lowest BCUT2D eigenvalue weighted by molar-refractivity contribution is 0.200. The predicted octanol–water partition coefficient (Wildman–Crippen LogP) is 3.53. The molecule has 1 N–H and O–H groups in total. The Morgan fingerprint density at radius 1 is 1.24 bits per heavy atom. The third-order valence-electron chi connectivity index (χ3n) is 3.66. The first-order valence-corrected chi connectivity index (χ1v) is 7.26. The topological polar surface area (TPSA) is 21.3 Å². The zero-order chi connectivity index (χ0) is 12.3. The minimum atomic E-state index is 0.806. The van der Waals surface area contributed by atoms with E-state index < -0.39 is 0 Å². The molecule has 100 valence electrons. The second-order valence-corrected chi connectivity index (χ2v) is 5.10. The van der Waals surface area contributed by atoms with Crippen molar-refractivity contribution in [3.05, 3.63) is 11.6 Å². The van der Waals surface area contributed by atoms with E-state index in [2.05, 4.69) is 18.3 Å². The van der Waals surface area contributed by atoms with E-state index in [0.717, 1.165) is 25.6 Å². The lowest BCUT2D eigenvalue weighted by Crippen LogP contribution is -2.21. The van der Waals surface area contributed by atoms with E-state index in [4.69, 9.17) is 4.74 Å². The number of rotatable bonds is 7. The highest BCUT2D eigenvalue weighted by Crippen LogP contribution is 2.25. The van der Waals surface area contributed by atoms with Gasteiger partial charge in [0.25, 0.3) is 0 Å². The van der Waals surface area contributed by atoms with E-state index in [-0.39, 0.29) is 0 Å². The Hall–Kier alpha value is -0.340. The Bertz CT molecular complexity index is 205. The molecule has 0 aliphatic heterocycles. The maximum atomic E-state index is 5.04. The van der Waals surface area contributed by atoms with Crippen LogP contribution >= 0.6 is 0 Å². The predicted molar refractivity (Wildman–Crippen MR) is 74.3 cm³/mol. The molecule has 0 aromatic carbocycles. The highest BCUT2D eigenvalue weighted by molar-refractivity contribution is 5.06. The van der Waals surface area contributed by atoms with Gasteiger partial charge in [0.15, 0.2) is 0 Å². The molecule has 0 aromatic heterocycles. The second kappa shape index (κ2) is 9.67. The highest BCUT2D eigenvalue weighted by Gasteiger charge is 2.10. The highest BCUT2D eigenvalue weighted by atomic mass is 16.5. The summed E-state index contributed by atoms with van der Waals surface area (Å²) in [6.07, 6.45) is 12.3. The molecule has 0 spiro atoms. The van der Waals surface area contributed by atoms with Gasteiger partial charge in [-0.3, -0.25) is 0 Å². The molecule has 0 aromatic rings. The Labute approximate surface area is 107 Å². The van der Waals surface area contributed by atoms with Crippen LogP contribution in [0.1, 0.15) is 51.9 Å². The molecule has 0 bridgehead atoms. The van der Waals surface area contributed by atoms with Gasteiger partial charge in [-0.05, 0) is 25.2 Å². The third kappa shape index (κ3) is 6.85. The van der Waals surface area contributed by atoms with Crippen molar-refractivity contribution in [3.63, 3.8) is 0 Å². The minimum absolute atomic E-state index is 0.806. The zero-order valence-corrected chi connectivity index (χ0v) is 11.6. The van der Waals surface area contributed by atoms with Crippen molar-refractivity contribution in [1.82, 2.24) is 5.32 Å². The molecule has 1 aliphatic rings. The summed E-state index contributed by atoms with van der Waals surface area (Å²) < 4.78 is 5.04. The summed E-state index contributed by atoms with van der Waals surface area (Å²) in [7, 11) is 1.75. The molecule has 1 fully saturated rings. The van der Waals surface area contributed by atoms with Gasteiger partial charge in [0.1, 0.15) is 0 Å². The van der Waals surface area contributed by atoms with E-state index in [1.165, 1.54) is 44.9 Å². The second-order valence-electron chi connectivity index (χ2n) is 5.10. The number of ether oxygens (including phenoxy) is 1. The smallest absolute Gasteiger partial charge is 0.0587 e. The Kier molecular flexibility index (Phi) is 8.37. The first-order chi connectivity index (χ1) is 8.36. The number of nitrogens with one attached hydrogen (secondary N) is 1. The van der Waals surface area contributed by atoms with Gasteiger partial charge in [-0.1, -0.05) is 44.3 Å². The first-order valence-electron chi connectivity index (χ1n) is 7.26. The summed E-state index contributed by atoms with van der Waals surface area (Å²) in [5.74, 6) is 0.844. The molecule has 1 aliphatic carbocycles. The van der Waals surface area contributed by atoms with Crippen LogP contribution in [-0.4, -0.2) is 26.8 Å². The van der Waals surface area contributed by atoms with Crippen LogP contribution < -0.4 is 5.32 Å². The Morgan fingerprint density at radius 2 is 1.94 bits per heavy atom. The maximum Gasteiger partial charge on any atom is 0.0587 e. The van der Waals surface area contributed by atoms with Crippen molar-refractivity contribution in [1.29, 1.82) is 0 Å². The number of hydrogen-bond donors (Lipinski definition) is 1. The molecular formula is C15H29NO. The van der Waals surface area contributed by atoms with Gasteiger partial charge in [-0.2, -0.15) is 0 Å². The van der Waals surface area contributed by atoms with Crippen molar-refractivity contribution in [2.24, 2.45) is 5.92 Å². The lowest BCUT2D eigenvalue weighted by Gasteiger charge is -2.13. The van der Waals surface area contributed by atoms with Crippen LogP contribution in [0.2, 0.25) is 0 Å². The van der Waals surface area contributed by atoms with Crippen LogP contribution in [0.3, 0.4) is 0 Å². The molecule has 1 rings (SSSR count). The molecule has 17 heavy (non-hydrogen) atoms. The summed E-state index contributed by atoms with van der Waals surface area (Å²) in [5.41, 5.74) is 1.58. The normalized spacial score (nSPS) is 19.3. The van der Waals surface area contributed by atoms with E-state index in [1.54, 1.807) is 12.7 Å². The molecular weight excluding hydrogens is 210 g/mol. The average Bonchev–Trinajstić information content (AvgIpc) is 2.61. The van der Waals surface area contributed by atoms with Crippen LogP contribution in [0.4, 0.5) is 0 Å². The van der Waals surface area contributed by atoms with Crippen LogP contribution in [0.15, 0.2) is 11.6 Å². The third-order valence-corrected chi connectivity index (χ3v) is 3.66. The van der Waals surface area contributed by atoms with Crippen LogP contribution in [0, 0.1) is 5.92 Å². The molecule has 0 saturated heterocycles. The molecule has 0 heterocycles. The SMILES string of the molecule is CCC(=CC1CCCCCC1)CNCCOC. The van der Waals surface area contributed by atoms with Crippen molar-refractivity contribution in [2.75, 3.05) is 26.8 Å². The van der Waals surface area contributed by atoms with Gasteiger partial charge >= 0.3 is 0 Å². The van der Waals surface area contributed by atoms with Crippen molar-refractivity contribution >= 4 is 0 Å². The van der Waals surface area contributed by atoms with E-state index in [1.807, 2.05) is 0 Å². The quantitative estimate of drug-likeness (QED) is 0.417. The molecule has 0 atom stereocenters. The fourth-order valence-electron chi connectivity index (χ4n) is 2.54. The van der Waals surface area contributed by atoms with Gasteiger partial charge in [-0.25, -0.2) is 0 Å². The number of allylic oxidation sites excluding steroid dienone is 1. The van der Waals surface area contributed by atoms with Gasteiger partial charge < -0.3 is 10.1 Å². The number of methoxy groups -OCH3 is 1. The zero-order valence-electron chi connectivity index (χ0n) is 11.6. The van der Waals surface area contributed by atoms with Crippen LogP contribution in [0.5, 0.6) is 0 Å². The number of hydrogen-bond acceptors (Lipinski definition) is 2. The molecule has 2 heteroatoms.